The highest BCUT2D eigenvalue weighted by Gasteiger charge is 2.42. The zero-order chi connectivity index (χ0) is 17.1. The molecule has 0 aliphatic carbocycles. The van der Waals surface area contributed by atoms with E-state index in [4.69, 9.17) is 21.1 Å². The predicted molar refractivity (Wildman–Crippen MR) is 87.5 cm³/mol. The maximum Gasteiger partial charge on any atom is 0.336 e. The number of nitrogens with zero attached hydrogens (tertiary/aromatic N) is 1. The van der Waals surface area contributed by atoms with Crippen molar-refractivity contribution in [1.82, 2.24) is 0 Å². The fourth-order valence-corrected chi connectivity index (χ4v) is 3.16. The molecule has 5 nitrogen and oxygen atoms in total. The van der Waals surface area contributed by atoms with Crippen molar-refractivity contribution in [2.75, 3.05) is 14.2 Å². The number of rotatable bonds is 3. The Balaban J connectivity index is 2.71. The minimum atomic E-state index is -0.724. The monoisotopic (exact) mass is 335 g/mol. The van der Waals surface area contributed by atoms with E-state index in [1.165, 1.54) is 14.2 Å². The Morgan fingerprint density at radius 1 is 1.13 bits per heavy atom. The van der Waals surface area contributed by atoms with Crippen LogP contribution in [-0.2, 0) is 19.1 Å². The number of esters is 2. The van der Waals surface area contributed by atoms with E-state index in [9.17, 15) is 9.59 Å². The van der Waals surface area contributed by atoms with Gasteiger partial charge in [0.1, 0.15) is 5.92 Å². The van der Waals surface area contributed by atoms with E-state index in [1.54, 1.807) is 38.1 Å². The molecule has 1 aliphatic heterocycles. The number of methoxy groups -OCH3 is 2. The van der Waals surface area contributed by atoms with Crippen molar-refractivity contribution in [3.63, 3.8) is 0 Å². The minimum absolute atomic E-state index is 0.321. The Bertz CT molecular complexity index is 708. The maximum atomic E-state index is 12.3. The summed E-state index contributed by atoms with van der Waals surface area (Å²) < 4.78 is 9.80. The summed E-state index contributed by atoms with van der Waals surface area (Å²) in [5.74, 6) is -2.32. The van der Waals surface area contributed by atoms with Crippen molar-refractivity contribution < 1.29 is 19.1 Å². The molecule has 0 bridgehead atoms. The molecule has 0 amide bonds. The maximum absolute atomic E-state index is 12.3. The predicted octanol–water partition coefficient (Wildman–Crippen LogP) is 3.13. The van der Waals surface area contributed by atoms with Crippen LogP contribution in [0.2, 0.25) is 5.02 Å². The van der Waals surface area contributed by atoms with Gasteiger partial charge in [-0.05, 0) is 25.5 Å². The molecule has 0 saturated heterocycles. The summed E-state index contributed by atoms with van der Waals surface area (Å²) in [7, 11) is 2.60. The van der Waals surface area contributed by atoms with E-state index in [1.807, 2.05) is 0 Å². The number of carbonyl (C=O) groups excluding carboxylic acids is 2. The number of hydrogen-bond acceptors (Lipinski definition) is 5. The van der Waals surface area contributed by atoms with Crippen LogP contribution in [-0.4, -0.2) is 31.9 Å². The highest BCUT2D eigenvalue weighted by Crippen LogP contribution is 2.42. The quantitative estimate of drug-likeness (QED) is 0.796. The van der Waals surface area contributed by atoms with Gasteiger partial charge >= 0.3 is 11.9 Å². The normalized spacial score (nSPS) is 20.8. The number of aliphatic imine (C=N–C) groups is 1. The highest BCUT2D eigenvalue weighted by molar-refractivity contribution is 6.31. The van der Waals surface area contributed by atoms with Crippen molar-refractivity contribution in [1.29, 1.82) is 0 Å². The van der Waals surface area contributed by atoms with Gasteiger partial charge < -0.3 is 9.47 Å². The van der Waals surface area contributed by atoms with E-state index in [-0.39, 0.29) is 0 Å². The fourth-order valence-electron chi connectivity index (χ4n) is 2.91. The Morgan fingerprint density at radius 3 is 2.35 bits per heavy atom. The third kappa shape index (κ3) is 3.15. The summed E-state index contributed by atoms with van der Waals surface area (Å²) in [5, 5.41) is 0.468. The Hall–Kier alpha value is -2.14. The third-order valence-corrected chi connectivity index (χ3v) is 4.27. The molecule has 1 aromatic carbocycles. The number of hydrogen-bond donors (Lipinski definition) is 0. The number of allylic oxidation sites excluding steroid dienone is 1. The van der Waals surface area contributed by atoms with Crippen LogP contribution in [0, 0.1) is 5.92 Å². The average Bonchev–Trinajstić information content (AvgIpc) is 2.53. The van der Waals surface area contributed by atoms with Crippen molar-refractivity contribution in [2.24, 2.45) is 10.9 Å². The second kappa shape index (κ2) is 6.96. The van der Waals surface area contributed by atoms with Gasteiger partial charge in [-0.1, -0.05) is 29.8 Å². The van der Waals surface area contributed by atoms with E-state index < -0.39 is 23.8 Å². The smallest absolute Gasteiger partial charge is 0.336 e. The molecular formula is C17H18ClNO4. The van der Waals surface area contributed by atoms with Gasteiger partial charge in [-0.15, -0.1) is 0 Å². The van der Waals surface area contributed by atoms with Crippen LogP contribution in [0.25, 0.3) is 0 Å². The lowest BCUT2D eigenvalue weighted by molar-refractivity contribution is -0.143. The third-order valence-electron chi connectivity index (χ3n) is 3.93. The lowest BCUT2D eigenvalue weighted by Crippen LogP contribution is -2.36. The zero-order valence-corrected chi connectivity index (χ0v) is 14.2. The van der Waals surface area contributed by atoms with Crippen LogP contribution >= 0.6 is 11.6 Å². The topological polar surface area (TPSA) is 65.0 Å². The van der Waals surface area contributed by atoms with E-state index in [0.717, 1.165) is 0 Å². The molecule has 1 heterocycles. The Kier molecular flexibility index (Phi) is 5.21. The molecular weight excluding hydrogens is 318 g/mol. The van der Waals surface area contributed by atoms with Gasteiger partial charge in [0.15, 0.2) is 0 Å². The van der Waals surface area contributed by atoms with Crippen LogP contribution in [0.4, 0.5) is 0 Å². The van der Waals surface area contributed by atoms with Crippen LogP contribution < -0.4 is 0 Å². The largest absolute Gasteiger partial charge is 0.468 e. The van der Waals surface area contributed by atoms with Crippen LogP contribution in [0.1, 0.15) is 25.3 Å². The molecule has 1 aliphatic rings. The van der Waals surface area contributed by atoms with Gasteiger partial charge in [0.2, 0.25) is 0 Å². The number of ether oxygens (including phenoxy) is 2. The molecule has 2 atom stereocenters. The second-order valence-electron chi connectivity index (χ2n) is 5.24. The summed E-state index contributed by atoms with van der Waals surface area (Å²) in [6.07, 6.45) is 0. The molecule has 0 spiro atoms. The van der Waals surface area contributed by atoms with Crippen LogP contribution in [0.3, 0.4) is 0 Å². The minimum Gasteiger partial charge on any atom is -0.468 e. The summed E-state index contributed by atoms with van der Waals surface area (Å²) in [5.41, 5.74) is 2.08. The van der Waals surface area contributed by atoms with Crippen molar-refractivity contribution >= 4 is 29.3 Å². The molecule has 1 aromatic rings. The first-order valence-electron chi connectivity index (χ1n) is 7.08. The van der Waals surface area contributed by atoms with Crippen molar-refractivity contribution in [3.05, 3.63) is 46.1 Å². The first kappa shape index (κ1) is 17.2. The summed E-state index contributed by atoms with van der Waals surface area (Å²) in [6.45, 7) is 3.45. The molecule has 0 saturated carbocycles. The average molecular weight is 336 g/mol. The molecule has 0 fully saturated rings. The molecule has 23 heavy (non-hydrogen) atoms. The second-order valence-corrected chi connectivity index (χ2v) is 5.65. The zero-order valence-electron chi connectivity index (χ0n) is 13.4. The molecule has 0 N–H and O–H groups in total. The van der Waals surface area contributed by atoms with E-state index in [0.29, 0.717) is 27.6 Å². The van der Waals surface area contributed by atoms with Crippen molar-refractivity contribution in [2.45, 2.75) is 19.8 Å². The van der Waals surface area contributed by atoms with Crippen LogP contribution in [0.15, 0.2) is 40.5 Å². The first-order chi connectivity index (χ1) is 10.9. The standard InChI is InChI=1S/C17H18ClNO4/c1-9-13(16(20)22-3)15(11-7-5-6-8-12(11)18)14(10(2)19-9)17(21)23-4/h5-8,13,15H,1-4H3. The van der Waals surface area contributed by atoms with Crippen LogP contribution in [0.5, 0.6) is 0 Å². The molecule has 122 valence electrons. The molecule has 2 rings (SSSR count). The summed E-state index contributed by atoms with van der Waals surface area (Å²) in [4.78, 5) is 28.9. The van der Waals surface area contributed by atoms with E-state index in [2.05, 4.69) is 4.99 Å². The van der Waals surface area contributed by atoms with Gasteiger partial charge in [0.05, 0.1) is 19.8 Å². The van der Waals surface area contributed by atoms with Crippen molar-refractivity contribution in [3.8, 4) is 0 Å². The molecule has 0 radical (unpaired) electrons. The van der Waals surface area contributed by atoms with Gasteiger partial charge in [-0.3, -0.25) is 9.79 Å². The van der Waals surface area contributed by atoms with Gasteiger partial charge in [-0.25, -0.2) is 4.79 Å². The SMILES string of the molecule is COC(=O)C1=C(C)N=C(C)C(C(=O)OC)C1c1ccccc1Cl. The van der Waals surface area contributed by atoms with E-state index >= 15 is 0 Å². The fraction of sp³-hybridized carbons (Fsp3) is 0.353. The number of carbonyl (C=O) groups is 2. The summed E-state index contributed by atoms with van der Waals surface area (Å²) in [6, 6.07) is 7.10. The molecule has 0 aromatic heterocycles. The molecule has 6 heteroatoms. The Morgan fingerprint density at radius 2 is 1.78 bits per heavy atom. The number of benzene rings is 1. The lowest BCUT2D eigenvalue weighted by Gasteiger charge is -2.31. The van der Waals surface area contributed by atoms with Gasteiger partial charge in [-0.2, -0.15) is 0 Å². The van der Waals surface area contributed by atoms with Gasteiger partial charge in [0.25, 0.3) is 0 Å². The lowest BCUT2D eigenvalue weighted by atomic mass is 9.75. The summed E-state index contributed by atoms with van der Waals surface area (Å²) >= 11 is 6.31. The molecule has 2 unspecified atom stereocenters. The first-order valence-corrected chi connectivity index (χ1v) is 7.46. The highest BCUT2D eigenvalue weighted by atomic mass is 35.5. The van der Waals surface area contributed by atoms with Gasteiger partial charge in [0, 0.05) is 22.3 Å². The number of halogens is 1. The Labute approximate surface area is 139 Å².